The fourth-order valence-corrected chi connectivity index (χ4v) is 2.46. The molecule has 0 aliphatic rings. The van der Waals surface area contributed by atoms with Crippen molar-refractivity contribution < 1.29 is 0 Å². The zero-order valence-electron chi connectivity index (χ0n) is 14.2. The maximum Gasteiger partial charge on any atom is 0.191 e. The van der Waals surface area contributed by atoms with Gasteiger partial charge in [0.15, 0.2) is 5.96 Å². The van der Waals surface area contributed by atoms with E-state index in [-0.39, 0.29) is 0 Å². The Morgan fingerprint density at radius 1 is 1.04 bits per heavy atom. The lowest BCUT2D eigenvalue weighted by Crippen LogP contribution is -2.38. The first kappa shape index (κ1) is 16.7. The maximum atomic E-state index is 4.42. The van der Waals surface area contributed by atoms with Crippen LogP contribution < -0.4 is 10.6 Å². The number of hydrogen-bond acceptors (Lipinski definition) is 3. The van der Waals surface area contributed by atoms with Gasteiger partial charge in [-0.2, -0.15) is 0 Å². The lowest BCUT2D eigenvalue weighted by molar-refractivity contribution is 0.767. The van der Waals surface area contributed by atoms with E-state index in [9.17, 15) is 0 Å². The van der Waals surface area contributed by atoms with E-state index in [0.29, 0.717) is 6.54 Å². The first-order valence-corrected chi connectivity index (χ1v) is 8.29. The number of H-pyrrole nitrogens is 1. The molecule has 0 atom stereocenters. The van der Waals surface area contributed by atoms with Crippen molar-refractivity contribution in [3.63, 3.8) is 0 Å². The van der Waals surface area contributed by atoms with E-state index >= 15 is 0 Å². The highest BCUT2D eigenvalue weighted by atomic mass is 15.2. The van der Waals surface area contributed by atoms with Crippen LogP contribution in [0.15, 0.2) is 65.9 Å². The molecule has 0 amide bonds. The number of guanidine groups is 1. The van der Waals surface area contributed by atoms with Crippen molar-refractivity contribution >= 4 is 5.96 Å². The second kappa shape index (κ2) is 8.63. The Labute approximate surface area is 147 Å². The number of rotatable bonds is 6. The third-order valence-corrected chi connectivity index (χ3v) is 3.76. The number of pyridine rings is 1. The van der Waals surface area contributed by atoms with Crippen LogP contribution in [0.3, 0.4) is 0 Å². The number of hydrogen-bond donors (Lipinski definition) is 3. The molecule has 0 spiro atoms. The van der Waals surface area contributed by atoms with Gasteiger partial charge in [-0.3, -0.25) is 9.98 Å². The number of aromatic amines is 1. The maximum absolute atomic E-state index is 4.42. The van der Waals surface area contributed by atoms with Crippen molar-refractivity contribution in [1.82, 2.24) is 25.6 Å². The van der Waals surface area contributed by atoms with E-state index in [0.717, 1.165) is 41.7 Å². The molecule has 6 heteroatoms. The molecule has 2 aromatic heterocycles. The van der Waals surface area contributed by atoms with E-state index in [1.54, 1.807) is 7.05 Å². The quantitative estimate of drug-likeness (QED) is 0.478. The third-order valence-electron chi connectivity index (χ3n) is 3.76. The summed E-state index contributed by atoms with van der Waals surface area (Å²) in [5, 5.41) is 6.55. The molecule has 0 bridgehead atoms. The van der Waals surface area contributed by atoms with Crippen molar-refractivity contribution in [2.24, 2.45) is 4.99 Å². The Morgan fingerprint density at radius 3 is 2.64 bits per heavy atom. The average molecular weight is 334 g/mol. The van der Waals surface area contributed by atoms with Crippen LogP contribution in [0, 0.1) is 0 Å². The number of aliphatic imine (C=N–C) groups is 1. The van der Waals surface area contributed by atoms with E-state index in [1.165, 1.54) is 0 Å². The summed E-state index contributed by atoms with van der Waals surface area (Å²) in [6, 6.07) is 16.1. The molecule has 0 fully saturated rings. The van der Waals surface area contributed by atoms with Gasteiger partial charge in [-0.25, -0.2) is 4.98 Å². The van der Waals surface area contributed by atoms with Gasteiger partial charge in [0.1, 0.15) is 5.82 Å². The Balaban J connectivity index is 1.47. The monoisotopic (exact) mass is 334 g/mol. The first-order chi connectivity index (χ1) is 12.3. The summed E-state index contributed by atoms with van der Waals surface area (Å²) in [7, 11) is 1.76. The molecule has 0 radical (unpaired) electrons. The van der Waals surface area contributed by atoms with Crippen LogP contribution in [0.1, 0.15) is 11.5 Å². The largest absolute Gasteiger partial charge is 0.356 e. The molecule has 3 aromatic rings. The molecular weight excluding hydrogens is 312 g/mol. The fraction of sp³-hybridized carbons (Fsp3) is 0.211. The first-order valence-electron chi connectivity index (χ1n) is 8.29. The highest BCUT2D eigenvalue weighted by Crippen LogP contribution is 2.15. The van der Waals surface area contributed by atoms with E-state index in [4.69, 9.17) is 0 Å². The molecule has 0 saturated carbocycles. The van der Waals surface area contributed by atoms with Gasteiger partial charge in [0.2, 0.25) is 0 Å². The van der Waals surface area contributed by atoms with E-state index in [1.807, 2.05) is 48.8 Å². The van der Waals surface area contributed by atoms with Crippen LogP contribution in [0.2, 0.25) is 0 Å². The SMILES string of the molecule is CN=C(NCCc1ccccn1)NCc1ncc(-c2ccccc2)[nH]1. The molecule has 3 N–H and O–H groups in total. The summed E-state index contributed by atoms with van der Waals surface area (Å²) in [5.74, 6) is 1.61. The summed E-state index contributed by atoms with van der Waals surface area (Å²) in [6.07, 6.45) is 4.51. The minimum absolute atomic E-state index is 0.579. The zero-order chi connectivity index (χ0) is 17.3. The van der Waals surface area contributed by atoms with Gasteiger partial charge in [-0.05, 0) is 17.7 Å². The minimum Gasteiger partial charge on any atom is -0.356 e. The number of imidazole rings is 1. The van der Waals surface area contributed by atoms with Crippen molar-refractivity contribution in [3.05, 3.63) is 72.4 Å². The molecule has 2 heterocycles. The van der Waals surface area contributed by atoms with Crippen molar-refractivity contribution in [2.75, 3.05) is 13.6 Å². The molecule has 3 rings (SSSR count). The number of aromatic nitrogens is 3. The molecular formula is C19H22N6. The van der Waals surface area contributed by atoms with Crippen molar-refractivity contribution in [3.8, 4) is 11.3 Å². The van der Waals surface area contributed by atoms with Gasteiger partial charge in [-0.1, -0.05) is 36.4 Å². The summed E-state index contributed by atoms with van der Waals surface area (Å²) in [4.78, 5) is 16.3. The van der Waals surface area contributed by atoms with E-state index in [2.05, 4.69) is 42.7 Å². The minimum atomic E-state index is 0.579. The second-order valence-electron chi connectivity index (χ2n) is 5.53. The molecule has 25 heavy (non-hydrogen) atoms. The smallest absolute Gasteiger partial charge is 0.191 e. The topological polar surface area (TPSA) is 78.0 Å². The van der Waals surface area contributed by atoms with Crippen molar-refractivity contribution in [2.45, 2.75) is 13.0 Å². The summed E-state index contributed by atoms with van der Waals surface area (Å²) in [5.41, 5.74) is 3.19. The summed E-state index contributed by atoms with van der Waals surface area (Å²) in [6.45, 7) is 1.35. The Bertz CT molecular complexity index is 795. The van der Waals surface area contributed by atoms with Crippen LogP contribution in [0.4, 0.5) is 0 Å². The number of benzene rings is 1. The standard InChI is InChI=1S/C19H22N6/c1-20-19(22-12-10-16-9-5-6-11-21-16)24-14-18-23-13-17(25-18)15-7-3-2-4-8-15/h2-9,11,13H,10,12,14H2,1H3,(H,23,25)(H2,20,22,24). The highest BCUT2D eigenvalue weighted by Gasteiger charge is 2.04. The van der Waals surface area contributed by atoms with Crippen LogP contribution >= 0.6 is 0 Å². The van der Waals surface area contributed by atoms with Gasteiger partial charge in [0.25, 0.3) is 0 Å². The van der Waals surface area contributed by atoms with Gasteiger partial charge >= 0.3 is 0 Å². The highest BCUT2D eigenvalue weighted by molar-refractivity contribution is 5.79. The molecule has 6 nitrogen and oxygen atoms in total. The van der Waals surface area contributed by atoms with Gasteiger partial charge in [-0.15, -0.1) is 0 Å². The normalized spacial score (nSPS) is 11.3. The van der Waals surface area contributed by atoms with Crippen LogP contribution in [-0.2, 0) is 13.0 Å². The Hall–Kier alpha value is -3.15. The molecule has 0 saturated heterocycles. The third kappa shape index (κ3) is 4.91. The Kier molecular flexibility index (Phi) is 5.77. The summed E-state index contributed by atoms with van der Waals surface area (Å²) >= 11 is 0. The molecule has 0 unspecified atom stereocenters. The van der Waals surface area contributed by atoms with E-state index < -0.39 is 0 Å². The predicted octanol–water partition coefficient (Wildman–Crippen LogP) is 2.38. The summed E-state index contributed by atoms with van der Waals surface area (Å²) < 4.78 is 0. The van der Waals surface area contributed by atoms with Crippen LogP contribution in [0.25, 0.3) is 11.3 Å². The lowest BCUT2D eigenvalue weighted by Gasteiger charge is -2.10. The van der Waals surface area contributed by atoms with Gasteiger partial charge in [0.05, 0.1) is 18.4 Å². The lowest BCUT2D eigenvalue weighted by atomic mass is 10.2. The predicted molar refractivity (Wildman–Crippen MR) is 100 cm³/mol. The average Bonchev–Trinajstić information content (AvgIpc) is 3.15. The second-order valence-corrected chi connectivity index (χ2v) is 5.53. The van der Waals surface area contributed by atoms with Gasteiger partial charge in [0, 0.05) is 31.9 Å². The van der Waals surface area contributed by atoms with Crippen molar-refractivity contribution in [1.29, 1.82) is 0 Å². The fourth-order valence-electron chi connectivity index (χ4n) is 2.46. The van der Waals surface area contributed by atoms with Gasteiger partial charge < -0.3 is 15.6 Å². The van der Waals surface area contributed by atoms with Crippen LogP contribution in [-0.4, -0.2) is 34.5 Å². The molecule has 1 aromatic carbocycles. The Morgan fingerprint density at radius 2 is 1.88 bits per heavy atom. The molecule has 0 aliphatic carbocycles. The number of nitrogens with one attached hydrogen (secondary N) is 3. The molecule has 0 aliphatic heterocycles. The molecule has 128 valence electrons. The van der Waals surface area contributed by atoms with Crippen LogP contribution in [0.5, 0.6) is 0 Å². The number of nitrogens with zero attached hydrogens (tertiary/aromatic N) is 3. The zero-order valence-corrected chi connectivity index (χ0v) is 14.2.